The summed E-state index contributed by atoms with van der Waals surface area (Å²) in [6.07, 6.45) is 13.0. The predicted molar refractivity (Wildman–Crippen MR) is 60.9 cm³/mol. The normalized spacial score (nSPS) is 18.8. The first kappa shape index (κ1) is 19.9. The van der Waals surface area contributed by atoms with Crippen LogP contribution >= 0.6 is 0 Å². The molecule has 0 nitrogen and oxygen atoms in total. The summed E-state index contributed by atoms with van der Waals surface area (Å²) in [5, 5.41) is 0. The molecule has 1 unspecified atom stereocenters. The van der Waals surface area contributed by atoms with E-state index in [2.05, 4.69) is 24.6 Å². The van der Waals surface area contributed by atoms with Crippen LogP contribution < -0.4 is 34.0 Å². The fourth-order valence-corrected chi connectivity index (χ4v) is 1.99. The molecule has 0 bridgehead atoms. The van der Waals surface area contributed by atoms with Crippen LogP contribution in [0.3, 0.4) is 0 Å². The van der Waals surface area contributed by atoms with E-state index in [9.17, 15) is 0 Å². The smallest absolute Gasteiger partial charge is 1.00 e. The first-order valence-electron chi connectivity index (χ1n) is 5.33. The molecule has 3 rings (SSSR count). The van der Waals surface area contributed by atoms with Gasteiger partial charge in [-0.25, -0.2) is 30.2 Å². The zero-order chi connectivity index (χ0) is 9.64. The first-order valence-corrected chi connectivity index (χ1v) is 5.33. The first-order chi connectivity index (χ1) is 6.97. The van der Waals surface area contributed by atoms with Gasteiger partial charge in [0.2, 0.25) is 0 Å². The van der Waals surface area contributed by atoms with E-state index in [1.54, 1.807) is 5.57 Å². The maximum atomic E-state index is 2.37. The molecule has 0 aliphatic heterocycles. The quantitative estimate of drug-likeness (QED) is 0.271. The maximum Gasteiger partial charge on any atom is 4.00 e. The Morgan fingerprint density at radius 3 is 2.35 bits per heavy atom. The van der Waals surface area contributed by atoms with Crippen molar-refractivity contribution in [3.05, 3.63) is 60.6 Å². The molecule has 1 aromatic rings. The van der Waals surface area contributed by atoms with Gasteiger partial charge in [-0.05, 0) is 12.3 Å². The molecule has 0 amide bonds. The average Bonchev–Trinajstić information content (AvgIpc) is 2.92. The van der Waals surface area contributed by atoms with Crippen LogP contribution in [0.15, 0.2) is 54.1 Å². The van der Waals surface area contributed by atoms with Crippen molar-refractivity contribution in [1.29, 1.82) is 0 Å². The van der Waals surface area contributed by atoms with Gasteiger partial charge in [-0.3, -0.25) is 0 Å². The van der Waals surface area contributed by atoms with Crippen molar-refractivity contribution in [1.82, 2.24) is 0 Å². The third-order valence-electron chi connectivity index (χ3n) is 2.77. The Balaban J connectivity index is 0. The van der Waals surface area contributed by atoms with Crippen LogP contribution in [0, 0.1) is 12.3 Å². The average molecular weight is 523 g/mol. The summed E-state index contributed by atoms with van der Waals surface area (Å²) in [7, 11) is 0. The fraction of sp³-hybridized carbons (Fsp3) is 0.286. The number of halogens is 2. The van der Waals surface area contributed by atoms with Gasteiger partial charge in [0.25, 0.3) is 0 Å². The summed E-state index contributed by atoms with van der Waals surface area (Å²) >= 11 is 0. The number of rotatable bonds is 0. The van der Waals surface area contributed by atoms with Crippen molar-refractivity contribution in [2.75, 3.05) is 0 Å². The summed E-state index contributed by atoms with van der Waals surface area (Å²) in [6.45, 7) is 0. The summed E-state index contributed by atoms with van der Waals surface area (Å²) < 4.78 is 0. The third-order valence-corrected chi connectivity index (χ3v) is 2.77. The van der Waals surface area contributed by atoms with Crippen molar-refractivity contribution in [3.63, 3.8) is 0 Å². The Morgan fingerprint density at radius 2 is 1.82 bits per heavy atom. The largest absolute Gasteiger partial charge is 4.00 e. The molecule has 1 aromatic carbocycles. The molecule has 0 spiro atoms. The van der Waals surface area contributed by atoms with Crippen molar-refractivity contribution in [2.45, 2.75) is 19.3 Å². The van der Waals surface area contributed by atoms with Gasteiger partial charge in [-0.2, -0.15) is 18.2 Å². The van der Waals surface area contributed by atoms with E-state index < -0.39 is 0 Å². The monoisotopic (exact) mass is 522 g/mol. The zero-order valence-electron chi connectivity index (χ0n) is 9.65. The van der Waals surface area contributed by atoms with E-state index >= 15 is 0 Å². The molecule has 0 saturated heterocycles. The Bertz CT molecular complexity index is 298. The van der Waals surface area contributed by atoms with E-state index in [-0.39, 0.29) is 59.8 Å². The second-order valence-corrected chi connectivity index (χ2v) is 3.77. The van der Waals surface area contributed by atoms with Crippen LogP contribution in [-0.2, 0) is 25.8 Å². The number of allylic oxidation sites excluding steroid dienone is 4. The number of hydrogen-bond acceptors (Lipinski definition) is 0. The van der Waals surface area contributed by atoms with Gasteiger partial charge in [-0.1, -0.05) is 6.42 Å². The fourth-order valence-electron chi connectivity index (χ4n) is 1.99. The molecule has 1 fully saturated rings. The minimum absolute atomic E-state index is 0. The molecule has 3 heteroatoms. The molecule has 1 saturated carbocycles. The van der Waals surface area contributed by atoms with Crippen LogP contribution in [0.5, 0.6) is 0 Å². The predicted octanol–water partition coefficient (Wildman–Crippen LogP) is -2.10. The second-order valence-electron chi connectivity index (χ2n) is 3.77. The van der Waals surface area contributed by atoms with E-state index in [4.69, 9.17) is 0 Å². The van der Waals surface area contributed by atoms with Gasteiger partial charge in [0.05, 0.1) is 0 Å². The Morgan fingerprint density at radius 1 is 1.12 bits per heavy atom. The summed E-state index contributed by atoms with van der Waals surface area (Å²) in [4.78, 5) is 0. The van der Waals surface area contributed by atoms with E-state index in [0.29, 0.717) is 0 Å². The van der Waals surface area contributed by atoms with Gasteiger partial charge in [-0.15, -0.1) is 18.6 Å². The summed E-state index contributed by atoms with van der Waals surface area (Å²) in [6, 6.07) is 10.0. The van der Waals surface area contributed by atoms with Crippen molar-refractivity contribution < 1.29 is 59.8 Å². The van der Waals surface area contributed by atoms with E-state index in [1.807, 2.05) is 30.3 Å². The van der Waals surface area contributed by atoms with Crippen molar-refractivity contribution in [2.24, 2.45) is 5.92 Å². The minimum atomic E-state index is 0. The molecule has 90 valence electrons. The van der Waals surface area contributed by atoms with Crippen LogP contribution in [0.25, 0.3) is 0 Å². The molecule has 0 aromatic heterocycles. The summed E-state index contributed by atoms with van der Waals surface area (Å²) in [5.74, 6) is 0.884. The van der Waals surface area contributed by atoms with E-state index in [1.165, 1.54) is 19.3 Å². The summed E-state index contributed by atoms with van der Waals surface area (Å²) in [5.41, 5.74) is 1.58. The maximum absolute atomic E-state index is 2.37. The molecule has 2 aliphatic carbocycles. The van der Waals surface area contributed by atoms with Crippen LogP contribution in [0.2, 0.25) is 0 Å². The third kappa shape index (κ3) is 6.88. The molecule has 17 heavy (non-hydrogen) atoms. The standard InChI is InChI=1S/C9H11.C5H5.2BrH.Hf/c1-2-5-9-7-3-6-8(9)4-1;1-2-4-5-3-1;;;/h1-2,4,6,9H,3,5,7H2;1-5H;2*1H;/q2*-1;;;+4/p-2. The Hall–Kier alpha value is 0.530. The molecular formula is C14H16Br2Hf. The Labute approximate surface area is 144 Å². The van der Waals surface area contributed by atoms with Crippen LogP contribution in [-0.4, -0.2) is 0 Å². The molecule has 1 atom stereocenters. The Kier molecular flexibility index (Phi) is 13.6. The van der Waals surface area contributed by atoms with Crippen molar-refractivity contribution in [3.8, 4) is 0 Å². The molecule has 0 N–H and O–H groups in total. The zero-order valence-corrected chi connectivity index (χ0v) is 16.4. The van der Waals surface area contributed by atoms with E-state index in [0.717, 1.165) is 5.92 Å². The van der Waals surface area contributed by atoms with Crippen molar-refractivity contribution >= 4 is 0 Å². The molecule has 2 aliphatic rings. The van der Waals surface area contributed by atoms with Gasteiger partial charge in [0, 0.05) is 0 Å². The number of hydrogen-bond donors (Lipinski definition) is 0. The molecular weight excluding hydrogens is 506 g/mol. The molecule has 0 radical (unpaired) electrons. The molecule has 0 heterocycles. The second kappa shape index (κ2) is 11.6. The van der Waals surface area contributed by atoms with Crippen LogP contribution in [0.1, 0.15) is 19.3 Å². The van der Waals surface area contributed by atoms with Crippen LogP contribution in [0.4, 0.5) is 0 Å². The van der Waals surface area contributed by atoms with Gasteiger partial charge >= 0.3 is 25.8 Å². The number of fused-ring (bicyclic) bond motifs is 1. The SMILES string of the molecule is C1=CCC2CC[CH-]C2=C1.[Br-].[Br-].[Hf+4].c1cc[cH-]c1. The van der Waals surface area contributed by atoms with Gasteiger partial charge in [0.1, 0.15) is 0 Å². The van der Waals surface area contributed by atoms with Gasteiger partial charge in [0.15, 0.2) is 0 Å². The minimum Gasteiger partial charge on any atom is -1.00 e. The van der Waals surface area contributed by atoms with Gasteiger partial charge < -0.3 is 34.0 Å². The topological polar surface area (TPSA) is 0 Å².